The molecule has 0 aliphatic rings. The molecule has 8 nitrogen and oxygen atoms in total. The van der Waals surface area contributed by atoms with Crippen LogP contribution in [0.3, 0.4) is 0 Å². The molecule has 37 heavy (non-hydrogen) atoms. The van der Waals surface area contributed by atoms with Crippen LogP contribution in [-0.4, -0.2) is 51.1 Å². The van der Waals surface area contributed by atoms with E-state index in [0.717, 1.165) is 12.0 Å². The van der Waals surface area contributed by atoms with Crippen molar-refractivity contribution >= 4 is 22.1 Å². The van der Waals surface area contributed by atoms with E-state index in [9.17, 15) is 13.2 Å². The first kappa shape index (κ1) is 27.9. The second-order valence-corrected chi connectivity index (χ2v) is 10.1. The summed E-state index contributed by atoms with van der Waals surface area (Å²) >= 11 is 0. The Morgan fingerprint density at radius 2 is 1.65 bits per heavy atom. The van der Waals surface area contributed by atoms with Gasteiger partial charge in [-0.3, -0.25) is 4.79 Å². The van der Waals surface area contributed by atoms with Gasteiger partial charge >= 0.3 is 0 Å². The largest absolute Gasteiger partial charge is 0.490 e. The lowest BCUT2D eigenvalue weighted by Gasteiger charge is -2.21. The molecule has 0 aliphatic heterocycles. The van der Waals surface area contributed by atoms with Crippen molar-refractivity contribution in [1.29, 1.82) is 0 Å². The summed E-state index contributed by atoms with van der Waals surface area (Å²) in [6, 6.07) is 23.0. The zero-order valence-electron chi connectivity index (χ0n) is 21.2. The van der Waals surface area contributed by atoms with Crippen molar-refractivity contribution in [2.75, 3.05) is 26.3 Å². The predicted molar refractivity (Wildman–Crippen MR) is 144 cm³/mol. The lowest BCUT2D eigenvalue weighted by Crippen LogP contribution is -2.40. The minimum Gasteiger partial charge on any atom is -0.490 e. The number of sulfonamides is 1. The Bertz CT molecular complexity index is 1270. The molecule has 0 bridgehead atoms. The monoisotopic (exact) mass is 523 g/mol. The number of hydrazone groups is 1. The summed E-state index contributed by atoms with van der Waals surface area (Å²) < 4.78 is 39.1. The minimum absolute atomic E-state index is 0.133. The van der Waals surface area contributed by atoms with Gasteiger partial charge in [0.15, 0.2) is 11.5 Å². The van der Waals surface area contributed by atoms with E-state index in [0.29, 0.717) is 36.7 Å². The fourth-order valence-corrected chi connectivity index (χ4v) is 4.92. The van der Waals surface area contributed by atoms with Gasteiger partial charge in [-0.2, -0.15) is 9.41 Å². The first-order valence-electron chi connectivity index (χ1n) is 12.2. The topological polar surface area (TPSA) is 97.3 Å². The van der Waals surface area contributed by atoms with Gasteiger partial charge in [0.25, 0.3) is 5.91 Å². The number of benzene rings is 3. The standard InChI is InChI=1S/C28H33N3O5S/c1-3-19-36-26-16-15-24(20-27(26)35-4-2)21-29-30-28(32)22-31(18-17-23-11-7-5-8-12-23)37(33,34)25-13-9-6-10-14-25/h5-16,20-21H,3-4,17-19,22H2,1-2H3,(H,30,32)/b29-21-. The van der Waals surface area contributed by atoms with Crippen molar-refractivity contribution in [1.82, 2.24) is 9.73 Å². The summed E-state index contributed by atoms with van der Waals surface area (Å²) in [7, 11) is -3.88. The smallest absolute Gasteiger partial charge is 0.255 e. The van der Waals surface area contributed by atoms with Gasteiger partial charge in [-0.15, -0.1) is 0 Å². The molecular formula is C28H33N3O5S. The van der Waals surface area contributed by atoms with Gasteiger partial charge in [0.2, 0.25) is 10.0 Å². The van der Waals surface area contributed by atoms with Crippen molar-refractivity contribution in [3.8, 4) is 11.5 Å². The summed E-state index contributed by atoms with van der Waals surface area (Å²) in [4.78, 5) is 12.8. The van der Waals surface area contributed by atoms with Gasteiger partial charge in [0.1, 0.15) is 0 Å². The Hall–Kier alpha value is -3.69. The zero-order valence-corrected chi connectivity index (χ0v) is 22.0. The number of hydrogen-bond donors (Lipinski definition) is 1. The van der Waals surface area contributed by atoms with Crippen molar-refractivity contribution in [2.24, 2.45) is 5.10 Å². The van der Waals surface area contributed by atoms with E-state index >= 15 is 0 Å². The number of rotatable bonds is 14. The maximum absolute atomic E-state index is 13.3. The highest BCUT2D eigenvalue weighted by Crippen LogP contribution is 2.28. The molecule has 9 heteroatoms. The zero-order chi connectivity index (χ0) is 26.5. The van der Waals surface area contributed by atoms with Crippen LogP contribution in [0.2, 0.25) is 0 Å². The van der Waals surface area contributed by atoms with Crippen molar-refractivity contribution in [3.05, 3.63) is 90.0 Å². The summed E-state index contributed by atoms with van der Waals surface area (Å²) in [5.74, 6) is 0.689. The number of nitrogens with one attached hydrogen (secondary N) is 1. The maximum Gasteiger partial charge on any atom is 0.255 e. The van der Waals surface area contributed by atoms with Gasteiger partial charge in [-0.05, 0) is 61.2 Å². The Balaban J connectivity index is 1.69. The molecule has 0 unspecified atom stereocenters. The molecule has 0 saturated carbocycles. The molecule has 0 heterocycles. The third-order valence-corrected chi connectivity index (χ3v) is 7.19. The average molecular weight is 524 g/mol. The third-order valence-electron chi connectivity index (χ3n) is 5.33. The van der Waals surface area contributed by atoms with Crippen LogP contribution in [0.5, 0.6) is 11.5 Å². The van der Waals surface area contributed by atoms with Gasteiger partial charge in [0, 0.05) is 6.54 Å². The molecule has 1 amide bonds. The highest BCUT2D eigenvalue weighted by atomic mass is 32.2. The van der Waals surface area contributed by atoms with Crippen LogP contribution in [0.1, 0.15) is 31.4 Å². The van der Waals surface area contributed by atoms with E-state index in [-0.39, 0.29) is 18.0 Å². The lowest BCUT2D eigenvalue weighted by molar-refractivity contribution is -0.121. The molecule has 3 aromatic rings. The second-order valence-electron chi connectivity index (χ2n) is 8.17. The first-order chi connectivity index (χ1) is 17.9. The van der Waals surface area contributed by atoms with Crippen LogP contribution in [0, 0.1) is 0 Å². The summed E-state index contributed by atoms with van der Waals surface area (Å²) in [5.41, 5.74) is 4.11. The van der Waals surface area contributed by atoms with Crippen molar-refractivity contribution in [2.45, 2.75) is 31.6 Å². The summed E-state index contributed by atoms with van der Waals surface area (Å²) in [5, 5.41) is 4.02. The molecule has 0 aromatic heterocycles. The quantitative estimate of drug-likeness (QED) is 0.252. The van der Waals surface area contributed by atoms with Gasteiger partial charge < -0.3 is 9.47 Å². The minimum atomic E-state index is -3.88. The SMILES string of the molecule is CCCOc1ccc(/C=N\NC(=O)CN(CCc2ccccc2)S(=O)(=O)c2ccccc2)cc1OCC. The lowest BCUT2D eigenvalue weighted by atomic mass is 10.1. The molecule has 3 aromatic carbocycles. The van der Waals surface area contributed by atoms with E-state index < -0.39 is 15.9 Å². The molecule has 0 aliphatic carbocycles. The maximum atomic E-state index is 13.3. The van der Waals surface area contributed by atoms with E-state index in [4.69, 9.17) is 9.47 Å². The molecule has 1 N–H and O–H groups in total. The molecular weight excluding hydrogens is 490 g/mol. The molecule has 0 radical (unpaired) electrons. The van der Waals surface area contributed by atoms with Gasteiger partial charge in [-0.1, -0.05) is 55.5 Å². The van der Waals surface area contributed by atoms with E-state index in [1.54, 1.807) is 36.4 Å². The second kappa shape index (κ2) is 14.2. The number of amides is 1. The highest BCUT2D eigenvalue weighted by molar-refractivity contribution is 7.89. The Kier molecular flexibility index (Phi) is 10.7. The fraction of sp³-hybridized carbons (Fsp3) is 0.286. The molecule has 196 valence electrons. The first-order valence-corrected chi connectivity index (χ1v) is 13.7. The number of carbonyl (C=O) groups excluding carboxylic acids is 1. The average Bonchev–Trinajstić information content (AvgIpc) is 2.91. The Morgan fingerprint density at radius 1 is 0.946 bits per heavy atom. The van der Waals surface area contributed by atoms with Crippen LogP contribution < -0.4 is 14.9 Å². The van der Waals surface area contributed by atoms with Crippen LogP contribution in [0.4, 0.5) is 0 Å². The number of nitrogens with zero attached hydrogens (tertiary/aromatic N) is 2. The van der Waals surface area contributed by atoms with E-state index in [1.165, 1.54) is 22.7 Å². The molecule has 3 rings (SSSR count). The normalized spacial score (nSPS) is 11.5. The number of ether oxygens (including phenoxy) is 2. The molecule has 0 fully saturated rings. The number of hydrogen-bond acceptors (Lipinski definition) is 6. The van der Waals surface area contributed by atoms with Crippen molar-refractivity contribution in [3.63, 3.8) is 0 Å². The fourth-order valence-electron chi connectivity index (χ4n) is 3.50. The Labute approximate surface area is 219 Å². The third kappa shape index (κ3) is 8.44. The van der Waals surface area contributed by atoms with Crippen LogP contribution in [-0.2, 0) is 21.2 Å². The van der Waals surface area contributed by atoms with Gasteiger partial charge in [0.05, 0.1) is 30.9 Å². The van der Waals surface area contributed by atoms with Crippen LogP contribution >= 0.6 is 0 Å². The summed E-state index contributed by atoms with van der Waals surface area (Å²) in [6.07, 6.45) is 2.82. The Morgan fingerprint density at radius 3 is 2.32 bits per heavy atom. The summed E-state index contributed by atoms with van der Waals surface area (Å²) in [6.45, 7) is 4.75. The number of carbonyl (C=O) groups is 1. The van der Waals surface area contributed by atoms with Crippen LogP contribution in [0.25, 0.3) is 0 Å². The molecule has 0 atom stereocenters. The van der Waals surface area contributed by atoms with E-state index in [1.807, 2.05) is 44.2 Å². The predicted octanol–water partition coefficient (Wildman–Crippen LogP) is 4.26. The van der Waals surface area contributed by atoms with Crippen LogP contribution in [0.15, 0.2) is 88.9 Å². The molecule has 0 spiro atoms. The van der Waals surface area contributed by atoms with Crippen molar-refractivity contribution < 1.29 is 22.7 Å². The molecule has 0 saturated heterocycles. The van der Waals surface area contributed by atoms with Gasteiger partial charge in [-0.25, -0.2) is 13.8 Å². The van der Waals surface area contributed by atoms with E-state index in [2.05, 4.69) is 10.5 Å². The highest BCUT2D eigenvalue weighted by Gasteiger charge is 2.26.